The van der Waals surface area contributed by atoms with Gasteiger partial charge in [-0.15, -0.1) is 0 Å². The van der Waals surface area contributed by atoms with Crippen LogP contribution in [0.25, 0.3) is 0 Å². The topological polar surface area (TPSA) is 54.5 Å². The first-order valence-corrected chi connectivity index (χ1v) is 8.38. The number of sulfone groups is 1. The van der Waals surface area contributed by atoms with Gasteiger partial charge in [0.25, 0.3) is 0 Å². The van der Waals surface area contributed by atoms with Crippen LogP contribution in [0.3, 0.4) is 0 Å². The molecule has 0 aliphatic rings. The molecule has 0 aliphatic carbocycles. The molecule has 20 heavy (non-hydrogen) atoms. The van der Waals surface area contributed by atoms with Crippen molar-refractivity contribution in [2.45, 2.75) is 25.2 Å². The van der Waals surface area contributed by atoms with Gasteiger partial charge in [-0.2, -0.15) is 0 Å². The molecule has 4 nitrogen and oxygen atoms in total. The van der Waals surface area contributed by atoms with Crippen molar-refractivity contribution in [3.8, 4) is 0 Å². The molecular weight excluding hydrogens is 274 g/mol. The summed E-state index contributed by atoms with van der Waals surface area (Å²) in [7, 11) is 0.399. The summed E-state index contributed by atoms with van der Waals surface area (Å²) in [5.74, 6) is 0.433. The zero-order valence-corrected chi connectivity index (χ0v) is 13.4. The van der Waals surface area contributed by atoms with E-state index < -0.39 is 9.84 Å². The highest BCUT2D eigenvalue weighted by Gasteiger charge is 2.15. The van der Waals surface area contributed by atoms with E-state index in [2.05, 4.69) is 0 Å². The quantitative estimate of drug-likeness (QED) is 0.724. The highest BCUT2D eigenvalue weighted by Crippen LogP contribution is 2.15. The normalized spacial score (nSPS) is 12.1. The van der Waals surface area contributed by atoms with Crippen LogP contribution in [-0.4, -0.2) is 45.5 Å². The second-order valence-electron chi connectivity index (χ2n) is 5.67. The van der Waals surface area contributed by atoms with Gasteiger partial charge in [0.05, 0.1) is 10.6 Å². The average molecular weight is 297 g/mol. The number of nitrogens with zero attached hydrogens (tertiary/aromatic N) is 1. The van der Waals surface area contributed by atoms with Crippen molar-refractivity contribution in [3.63, 3.8) is 0 Å². The number of Topliss-reactive ketones (excluding diaryl/α,β-unsaturated/α-hetero) is 1. The van der Waals surface area contributed by atoms with Crippen LogP contribution in [0.2, 0.25) is 0 Å². The van der Waals surface area contributed by atoms with Crippen molar-refractivity contribution < 1.29 is 13.2 Å². The fraction of sp³-hybridized carbons (Fsp3) is 0.533. The Kier molecular flexibility index (Phi) is 5.89. The molecule has 0 heterocycles. The Morgan fingerprint density at radius 2 is 1.70 bits per heavy atom. The van der Waals surface area contributed by atoms with Crippen molar-refractivity contribution in [2.24, 2.45) is 5.92 Å². The lowest BCUT2D eigenvalue weighted by Crippen LogP contribution is -2.22. The van der Waals surface area contributed by atoms with E-state index in [1.165, 1.54) is 12.1 Å². The molecule has 0 amide bonds. The van der Waals surface area contributed by atoms with Crippen molar-refractivity contribution in [2.75, 3.05) is 26.4 Å². The summed E-state index contributed by atoms with van der Waals surface area (Å²) in [6.07, 6.45) is 0.479. The van der Waals surface area contributed by atoms with Crippen LogP contribution in [0.5, 0.6) is 0 Å². The zero-order chi connectivity index (χ0) is 15.3. The highest BCUT2D eigenvalue weighted by atomic mass is 32.2. The Balaban J connectivity index is 2.83. The first-order valence-electron chi connectivity index (χ1n) is 6.73. The van der Waals surface area contributed by atoms with E-state index in [9.17, 15) is 13.2 Å². The molecule has 112 valence electrons. The maximum absolute atomic E-state index is 12.1. The lowest BCUT2D eigenvalue weighted by molar-refractivity contribution is 0.0968. The minimum atomic E-state index is -3.27. The van der Waals surface area contributed by atoms with Crippen LogP contribution >= 0.6 is 0 Å². The minimum absolute atomic E-state index is 0.0530. The van der Waals surface area contributed by atoms with Gasteiger partial charge in [-0.3, -0.25) is 4.79 Å². The molecular formula is C15H23NO3S. The number of benzene rings is 1. The number of hydrogen-bond donors (Lipinski definition) is 0. The van der Waals surface area contributed by atoms with Gasteiger partial charge in [-0.25, -0.2) is 8.42 Å². The smallest absolute Gasteiger partial charge is 0.179 e. The monoisotopic (exact) mass is 297 g/mol. The molecule has 0 spiro atoms. The van der Waals surface area contributed by atoms with Crippen molar-refractivity contribution >= 4 is 15.6 Å². The van der Waals surface area contributed by atoms with E-state index in [4.69, 9.17) is 0 Å². The third-order valence-electron chi connectivity index (χ3n) is 2.94. The first-order chi connectivity index (χ1) is 9.22. The third kappa shape index (κ3) is 5.06. The maximum Gasteiger partial charge on any atom is 0.179 e. The summed E-state index contributed by atoms with van der Waals surface area (Å²) in [6.45, 7) is 4.45. The molecule has 1 aromatic rings. The lowest BCUT2D eigenvalue weighted by atomic mass is 10.0. The van der Waals surface area contributed by atoms with Crippen LogP contribution < -0.4 is 0 Å². The van der Waals surface area contributed by atoms with Crippen molar-refractivity contribution in [3.05, 3.63) is 29.8 Å². The molecule has 0 saturated carbocycles. The van der Waals surface area contributed by atoms with E-state index in [1.807, 2.05) is 32.8 Å². The Hall–Kier alpha value is -1.20. The summed E-state index contributed by atoms with van der Waals surface area (Å²) in [6, 6.07) is 6.26. The second-order valence-corrected chi connectivity index (χ2v) is 7.78. The van der Waals surface area contributed by atoms with Crippen LogP contribution in [-0.2, 0) is 9.84 Å². The fourth-order valence-corrected chi connectivity index (χ4v) is 3.15. The molecule has 0 saturated heterocycles. The zero-order valence-electron chi connectivity index (χ0n) is 12.6. The molecule has 1 aromatic carbocycles. The Bertz CT molecular complexity index is 545. The lowest BCUT2D eigenvalue weighted by Gasteiger charge is -2.10. The summed E-state index contributed by atoms with van der Waals surface area (Å²) in [4.78, 5) is 14.0. The molecule has 0 fully saturated rings. The van der Waals surface area contributed by atoms with Crippen LogP contribution in [0.4, 0.5) is 0 Å². The molecule has 1 rings (SSSR count). The summed E-state index contributed by atoms with van der Waals surface area (Å²) < 4.78 is 24.2. The minimum Gasteiger partial charge on any atom is -0.308 e. The molecule has 0 aliphatic heterocycles. The van der Waals surface area contributed by atoms with E-state index in [-0.39, 0.29) is 16.4 Å². The molecule has 0 radical (unpaired) electrons. The van der Waals surface area contributed by atoms with E-state index >= 15 is 0 Å². The van der Waals surface area contributed by atoms with Gasteiger partial charge in [0.1, 0.15) is 0 Å². The maximum atomic E-state index is 12.1. The largest absolute Gasteiger partial charge is 0.308 e. The SMILES string of the molecule is CC(C)CC(=O)c1ccc(S(=O)(=O)CCN(C)C)cc1. The number of hydrogen-bond acceptors (Lipinski definition) is 4. The highest BCUT2D eigenvalue weighted by molar-refractivity contribution is 7.91. The Morgan fingerprint density at radius 3 is 2.15 bits per heavy atom. The molecule has 0 unspecified atom stereocenters. The van der Waals surface area contributed by atoms with Crippen LogP contribution in [0.1, 0.15) is 30.6 Å². The van der Waals surface area contributed by atoms with Gasteiger partial charge in [0, 0.05) is 18.5 Å². The standard InChI is InChI=1S/C15H23NO3S/c1-12(2)11-15(17)13-5-7-14(8-6-13)20(18,19)10-9-16(3)4/h5-8,12H,9-11H2,1-4H3. The molecule has 0 N–H and O–H groups in total. The fourth-order valence-electron chi connectivity index (χ4n) is 1.76. The first kappa shape index (κ1) is 16.9. The van der Waals surface area contributed by atoms with Crippen molar-refractivity contribution in [1.82, 2.24) is 4.90 Å². The number of rotatable bonds is 7. The van der Waals surface area contributed by atoms with E-state index in [0.29, 0.717) is 24.4 Å². The molecule has 0 aromatic heterocycles. The predicted octanol–water partition coefficient (Wildman–Crippen LogP) is 2.25. The number of carbonyl (C=O) groups excluding carboxylic acids is 1. The van der Waals surface area contributed by atoms with E-state index in [1.54, 1.807) is 12.1 Å². The van der Waals surface area contributed by atoms with Gasteiger partial charge in [-0.05, 0) is 32.1 Å². The number of carbonyl (C=O) groups is 1. The summed E-state index contributed by atoms with van der Waals surface area (Å²) >= 11 is 0. The summed E-state index contributed by atoms with van der Waals surface area (Å²) in [5, 5.41) is 0. The molecule has 5 heteroatoms. The van der Waals surface area contributed by atoms with Crippen molar-refractivity contribution in [1.29, 1.82) is 0 Å². The predicted molar refractivity (Wildman–Crippen MR) is 80.8 cm³/mol. The summed E-state index contributed by atoms with van der Waals surface area (Å²) in [5.41, 5.74) is 0.574. The second kappa shape index (κ2) is 6.99. The number of ketones is 1. The van der Waals surface area contributed by atoms with Gasteiger partial charge in [0.2, 0.25) is 0 Å². The molecule has 0 bridgehead atoms. The van der Waals surface area contributed by atoms with Gasteiger partial charge in [0.15, 0.2) is 15.6 Å². The van der Waals surface area contributed by atoms with Crippen LogP contribution in [0, 0.1) is 5.92 Å². The van der Waals surface area contributed by atoms with Gasteiger partial charge >= 0.3 is 0 Å². The van der Waals surface area contributed by atoms with E-state index in [0.717, 1.165) is 0 Å². The third-order valence-corrected chi connectivity index (χ3v) is 4.65. The van der Waals surface area contributed by atoms with Gasteiger partial charge in [-0.1, -0.05) is 26.0 Å². The molecule has 0 atom stereocenters. The van der Waals surface area contributed by atoms with Gasteiger partial charge < -0.3 is 4.90 Å². The Morgan fingerprint density at radius 1 is 1.15 bits per heavy atom. The average Bonchev–Trinajstić information content (AvgIpc) is 2.36. The van der Waals surface area contributed by atoms with Crippen LogP contribution in [0.15, 0.2) is 29.2 Å². The Labute approximate surface area is 121 Å².